The average molecular weight is 335 g/mol. The number of aliphatic hydroxyl groups is 1. The minimum Gasteiger partial charge on any atom is -0.460 e. The highest BCUT2D eigenvalue weighted by molar-refractivity contribution is 5.66. The van der Waals surface area contributed by atoms with Crippen LogP contribution in [-0.2, 0) is 9.53 Å². The Bertz CT molecular complexity index is 517. The standard InChI is InChI=1S/C21H34O3/c1-13(22)24-18-12-17-15-8-7-14-6-4-5-10-20(14,2)16(15)9-11-21(17,3)19(18)23/h14-19,23H,4-12H2,1-3H3/t14-,15-,16-,17-,18-,19+,20+,21-/m1/s1. The van der Waals surface area contributed by atoms with Crippen molar-refractivity contribution in [3.63, 3.8) is 0 Å². The number of fused-ring (bicyclic) bond motifs is 5. The minimum atomic E-state index is -0.482. The number of hydrogen-bond donors (Lipinski definition) is 1. The molecule has 0 aromatic heterocycles. The fourth-order valence-electron chi connectivity index (χ4n) is 7.58. The van der Waals surface area contributed by atoms with Gasteiger partial charge in [0.1, 0.15) is 6.10 Å². The maximum Gasteiger partial charge on any atom is 0.302 e. The number of esters is 1. The second-order valence-corrected chi connectivity index (χ2v) is 9.78. The average Bonchev–Trinajstić information content (AvgIpc) is 2.78. The number of carbonyl (C=O) groups is 1. The molecule has 3 nitrogen and oxygen atoms in total. The summed E-state index contributed by atoms with van der Waals surface area (Å²) >= 11 is 0. The Hall–Kier alpha value is -0.570. The molecule has 0 spiro atoms. The van der Waals surface area contributed by atoms with Crippen LogP contribution < -0.4 is 0 Å². The molecule has 0 aromatic carbocycles. The molecule has 24 heavy (non-hydrogen) atoms. The fourth-order valence-corrected chi connectivity index (χ4v) is 7.58. The van der Waals surface area contributed by atoms with Crippen LogP contribution >= 0.6 is 0 Å². The highest BCUT2D eigenvalue weighted by Gasteiger charge is 2.62. The van der Waals surface area contributed by atoms with Gasteiger partial charge in [0, 0.05) is 12.3 Å². The van der Waals surface area contributed by atoms with Crippen LogP contribution in [0, 0.1) is 34.5 Å². The summed E-state index contributed by atoms with van der Waals surface area (Å²) in [7, 11) is 0. The van der Waals surface area contributed by atoms with Gasteiger partial charge >= 0.3 is 5.97 Å². The van der Waals surface area contributed by atoms with Gasteiger partial charge in [-0.1, -0.05) is 26.7 Å². The second kappa shape index (κ2) is 5.72. The van der Waals surface area contributed by atoms with Crippen molar-refractivity contribution >= 4 is 5.97 Å². The molecule has 4 saturated carbocycles. The van der Waals surface area contributed by atoms with Gasteiger partial charge in [0.25, 0.3) is 0 Å². The van der Waals surface area contributed by atoms with Crippen molar-refractivity contribution in [2.45, 2.75) is 90.8 Å². The number of carbonyl (C=O) groups excluding carboxylic acids is 1. The van der Waals surface area contributed by atoms with Gasteiger partial charge in [0.15, 0.2) is 0 Å². The van der Waals surface area contributed by atoms with Gasteiger partial charge in [-0.3, -0.25) is 4.79 Å². The predicted octanol–water partition coefficient (Wildman–Crippen LogP) is 4.32. The molecular formula is C21H34O3. The quantitative estimate of drug-likeness (QED) is 0.726. The highest BCUT2D eigenvalue weighted by Crippen LogP contribution is 2.66. The zero-order valence-corrected chi connectivity index (χ0v) is 15.6. The van der Waals surface area contributed by atoms with E-state index in [4.69, 9.17) is 4.74 Å². The van der Waals surface area contributed by atoms with Crippen molar-refractivity contribution in [1.29, 1.82) is 0 Å². The number of rotatable bonds is 1. The van der Waals surface area contributed by atoms with Crippen molar-refractivity contribution in [2.75, 3.05) is 0 Å². The number of hydrogen-bond acceptors (Lipinski definition) is 3. The molecule has 136 valence electrons. The molecule has 0 amide bonds. The molecular weight excluding hydrogens is 300 g/mol. The molecule has 0 saturated heterocycles. The summed E-state index contributed by atoms with van der Waals surface area (Å²) in [6.07, 6.45) is 10.8. The molecule has 0 aromatic rings. The Labute approximate surface area is 146 Å². The third kappa shape index (κ3) is 2.29. The molecule has 1 N–H and O–H groups in total. The van der Waals surface area contributed by atoms with Crippen LogP contribution in [0.15, 0.2) is 0 Å². The molecule has 4 aliphatic carbocycles. The van der Waals surface area contributed by atoms with E-state index >= 15 is 0 Å². The smallest absolute Gasteiger partial charge is 0.302 e. The topological polar surface area (TPSA) is 46.5 Å². The van der Waals surface area contributed by atoms with E-state index in [-0.39, 0.29) is 17.5 Å². The Kier molecular flexibility index (Phi) is 4.02. The maximum absolute atomic E-state index is 11.4. The number of ether oxygens (including phenoxy) is 1. The first-order valence-electron chi connectivity index (χ1n) is 10.2. The first kappa shape index (κ1) is 16.9. The third-order valence-electron chi connectivity index (χ3n) is 8.85. The van der Waals surface area contributed by atoms with Crippen LogP contribution in [-0.4, -0.2) is 23.3 Å². The monoisotopic (exact) mass is 334 g/mol. The summed E-state index contributed by atoms with van der Waals surface area (Å²) in [6.45, 7) is 6.30. The molecule has 0 aliphatic heterocycles. The summed E-state index contributed by atoms with van der Waals surface area (Å²) in [4.78, 5) is 11.4. The lowest BCUT2D eigenvalue weighted by Crippen LogP contribution is -2.53. The van der Waals surface area contributed by atoms with Crippen molar-refractivity contribution in [2.24, 2.45) is 34.5 Å². The van der Waals surface area contributed by atoms with E-state index in [1.165, 1.54) is 51.9 Å². The summed E-state index contributed by atoms with van der Waals surface area (Å²) in [5.41, 5.74) is 0.464. The predicted molar refractivity (Wildman–Crippen MR) is 93.3 cm³/mol. The first-order valence-corrected chi connectivity index (χ1v) is 10.2. The molecule has 0 radical (unpaired) electrons. The molecule has 8 atom stereocenters. The number of aliphatic hydroxyl groups excluding tert-OH is 1. The van der Waals surface area contributed by atoms with Crippen molar-refractivity contribution in [3.05, 3.63) is 0 Å². The van der Waals surface area contributed by atoms with Crippen molar-refractivity contribution in [1.82, 2.24) is 0 Å². The summed E-state index contributed by atoms with van der Waals surface area (Å²) in [5.74, 6) is 2.74. The van der Waals surface area contributed by atoms with E-state index in [2.05, 4.69) is 13.8 Å². The van der Waals surface area contributed by atoms with Gasteiger partial charge in [-0.15, -0.1) is 0 Å². The van der Waals surface area contributed by atoms with Gasteiger partial charge in [-0.2, -0.15) is 0 Å². The van der Waals surface area contributed by atoms with Crippen molar-refractivity contribution < 1.29 is 14.6 Å². The van der Waals surface area contributed by atoms with Crippen LogP contribution in [0.2, 0.25) is 0 Å². The largest absolute Gasteiger partial charge is 0.460 e. The molecule has 0 bridgehead atoms. The van der Waals surface area contributed by atoms with E-state index in [9.17, 15) is 9.90 Å². The van der Waals surface area contributed by atoms with E-state index in [1.54, 1.807) is 0 Å². The highest BCUT2D eigenvalue weighted by atomic mass is 16.6. The van der Waals surface area contributed by atoms with E-state index in [1.807, 2.05) is 0 Å². The van der Waals surface area contributed by atoms with E-state index in [0.29, 0.717) is 11.3 Å². The fraction of sp³-hybridized carbons (Fsp3) is 0.952. The molecule has 0 unspecified atom stereocenters. The normalized spacial score (nSPS) is 53.7. The van der Waals surface area contributed by atoms with Crippen LogP contribution in [0.1, 0.15) is 78.6 Å². The molecule has 4 fully saturated rings. The van der Waals surface area contributed by atoms with Gasteiger partial charge < -0.3 is 9.84 Å². The molecule has 0 heterocycles. The van der Waals surface area contributed by atoms with Gasteiger partial charge in [-0.05, 0) is 74.0 Å². The van der Waals surface area contributed by atoms with Crippen LogP contribution in [0.4, 0.5) is 0 Å². The zero-order chi connectivity index (χ0) is 17.1. The Morgan fingerprint density at radius 2 is 1.79 bits per heavy atom. The van der Waals surface area contributed by atoms with Crippen LogP contribution in [0.25, 0.3) is 0 Å². The minimum absolute atomic E-state index is 0.0564. The summed E-state index contributed by atoms with van der Waals surface area (Å²) < 4.78 is 5.50. The Morgan fingerprint density at radius 3 is 2.54 bits per heavy atom. The third-order valence-corrected chi connectivity index (χ3v) is 8.85. The zero-order valence-electron chi connectivity index (χ0n) is 15.6. The lowest BCUT2D eigenvalue weighted by Gasteiger charge is -2.60. The van der Waals surface area contributed by atoms with Gasteiger partial charge in [-0.25, -0.2) is 0 Å². The van der Waals surface area contributed by atoms with E-state index in [0.717, 1.165) is 30.6 Å². The summed E-state index contributed by atoms with van der Waals surface area (Å²) in [6, 6.07) is 0. The SMILES string of the molecule is CC(=O)O[C@@H]1C[C@@H]2[C@@H]3CC[C@H]4CCCC[C@]4(C)[C@@H]3CC[C@@]2(C)[C@H]1O. The molecule has 4 rings (SSSR count). The Balaban J connectivity index is 1.60. The summed E-state index contributed by atoms with van der Waals surface area (Å²) in [5, 5.41) is 10.9. The molecule has 4 aliphatic rings. The Morgan fingerprint density at radius 1 is 1.00 bits per heavy atom. The lowest BCUT2D eigenvalue weighted by molar-refractivity contribution is -0.154. The lowest BCUT2D eigenvalue weighted by atomic mass is 9.45. The van der Waals surface area contributed by atoms with Crippen LogP contribution in [0.5, 0.6) is 0 Å². The maximum atomic E-state index is 11.4. The van der Waals surface area contributed by atoms with E-state index < -0.39 is 6.10 Å². The first-order chi connectivity index (χ1) is 11.4. The second-order valence-electron chi connectivity index (χ2n) is 9.78. The van der Waals surface area contributed by atoms with Gasteiger partial charge in [0.05, 0.1) is 6.10 Å². The molecule has 3 heteroatoms. The van der Waals surface area contributed by atoms with Crippen molar-refractivity contribution in [3.8, 4) is 0 Å². The van der Waals surface area contributed by atoms with Gasteiger partial charge in [0.2, 0.25) is 0 Å². The van der Waals surface area contributed by atoms with Crippen LogP contribution in [0.3, 0.4) is 0 Å².